The largest absolute Gasteiger partial charge is 0.420 e. The van der Waals surface area contributed by atoms with Crippen LogP contribution in [0, 0.1) is 5.82 Å². The summed E-state index contributed by atoms with van der Waals surface area (Å²) in [5, 5.41) is 0. The Morgan fingerprint density at radius 2 is 1.59 bits per heavy atom. The molecule has 200 valence electrons. The van der Waals surface area contributed by atoms with Gasteiger partial charge < -0.3 is 9.64 Å². The summed E-state index contributed by atoms with van der Waals surface area (Å²) in [7, 11) is 1.13. The number of carbonyl (C=O) groups excluding carboxylic acids is 2. The van der Waals surface area contributed by atoms with Gasteiger partial charge in [0.1, 0.15) is 11.4 Å². The lowest BCUT2D eigenvalue weighted by molar-refractivity contribution is -0.143. The number of amides is 3. The van der Waals surface area contributed by atoms with Crippen molar-refractivity contribution < 1.29 is 45.1 Å². The maximum absolute atomic E-state index is 14.0. The molecule has 2 aliphatic rings. The molecule has 0 bridgehead atoms. The van der Waals surface area contributed by atoms with Crippen molar-refractivity contribution in [3.05, 3.63) is 53.3 Å². The molecule has 3 amide bonds. The predicted molar refractivity (Wildman–Crippen MR) is 119 cm³/mol. The number of carbonyl (C=O) groups is 2. The van der Waals surface area contributed by atoms with Gasteiger partial charge in [-0.3, -0.25) is 9.80 Å². The molecule has 37 heavy (non-hydrogen) atoms. The van der Waals surface area contributed by atoms with Gasteiger partial charge in [-0.1, -0.05) is 12.8 Å². The van der Waals surface area contributed by atoms with E-state index in [4.69, 9.17) is 4.74 Å². The fourth-order valence-corrected chi connectivity index (χ4v) is 4.55. The monoisotopic (exact) mass is 533 g/mol. The van der Waals surface area contributed by atoms with Crippen LogP contribution < -0.4 is 14.5 Å². The van der Waals surface area contributed by atoms with Crippen molar-refractivity contribution >= 4 is 23.5 Å². The molecule has 0 unspecified atom stereocenters. The molecule has 1 heterocycles. The van der Waals surface area contributed by atoms with Crippen LogP contribution in [0.3, 0.4) is 0 Å². The summed E-state index contributed by atoms with van der Waals surface area (Å²) >= 11 is 0. The first kappa shape index (κ1) is 26.6. The summed E-state index contributed by atoms with van der Waals surface area (Å²) in [4.78, 5) is 28.9. The molecular formula is C24H22F7N3O3. The fourth-order valence-electron chi connectivity index (χ4n) is 4.55. The molecule has 2 aromatic carbocycles. The molecule has 0 atom stereocenters. The molecule has 6 nitrogen and oxygen atoms in total. The molecule has 4 rings (SSSR count). The number of urea groups is 1. The highest BCUT2D eigenvalue weighted by Gasteiger charge is 2.44. The Hall–Kier alpha value is -3.51. The summed E-state index contributed by atoms with van der Waals surface area (Å²) in [6, 6.07) is 3.64. The summed E-state index contributed by atoms with van der Waals surface area (Å²) in [6.45, 7) is -0.0870. The number of ether oxygens (including phenoxy) is 1. The molecule has 1 saturated carbocycles. The van der Waals surface area contributed by atoms with Gasteiger partial charge in [-0.25, -0.2) is 14.0 Å². The van der Waals surface area contributed by atoms with Gasteiger partial charge in [-0.05, 0) is 49.2 Å². The Bertz CT molecular complexity index is 1180. The number of nitrogens with zero attached hydrogens (tertiary/aromatic N) is 3. The molecular weight excluding hydrogens is 511 g/mol. The summed E-state index contributed by atoms with van der Waals surface area (Å²) in [5.74, 6) is -1.85. The average Bonchev–Trinajstić information content (AvgIpc) is 3.47. The molecule has 13 heteroatoms. The number of benzene rings is 2. The Morgan fingerprint density at radius 3 is 2.16 bits per heavy atom. The molecule has 1 aliphatic carbocycles. The Labute approximate surface area is 207 Å². The van der Waals surface area contributed by atoms with E-state index in [1.165, 1.54) is 17.0 Å². The van der Waals surface area contributed by atoms with Crippen LogP contribution >= 0.6 is 0 Å². The average molecular weight is 533 g/mol. The van der Waals surface area contributed by atoms with Gasteiger partial charge in [0, 0.05) is 31.9 Å². The van der Waals surface area contributed by atoms with E-state index in [9.17, 15) is 40.3 Å². The molecule has 1 aliphatic heterocycles. The maximum Gasteiger partial charge on any atom is 0.420 e. The highest BCUT2D eigenvalue weighted by atomic mass is 19.4. The Kier molecular flexibility index (Phi) is 6.99. The zero-order chi connectivity index (χ0) is 27.1. The van der Waals surface area contributed by atoms with E-state index in [0.717, 1.165) is 41.8 Å². The SMILES string of the molecule is CN(C(=O)Oc1c(N2CCN(C3CCCC3)C2=O)cc(C(F)(F)F)cc1C(F)(F)F)c1ccc(F)cc1. The Balaban J connectivity index is 1.78. The lowest BCUT2D eigenvalue weighted by Crippen LogP contribution is -2.38. The van der Waals surface area contributed by atoms with Crippen LogP contribution in [0.2, 0.25) is 0 Å². The first-order chi connectivity index (χ1) is 17.3. The highest BCUT2D eigenvalue weighted by molar-refractivity contribution is 5.98. The first-order valence-electron chi connectivity index (χ1n) is 11.4. The molecule has 0 radical (unpaired) electrons. The number of rotatable bonds is 4. The highest BCUT2D eigenvalue weighted by Crippen LogP contribution is 2.47. The normalized spacial score (nSPS) is 17.0. The lowest BCUT2D eigenvalue weighted by Gasteiger charge is -2.27. The third-order valence-electron chi connectivity index (χ3n) is 6.48. The van der Waals surface area contributed by atoms with Crippen molar-refractivity contribution in [3.63, 3.8) is 0 Å². The minimum absolute atomic E-state index is 0.0538. The third kappa shape index (κ3) is 5.44. The fraction of sp³-hybridized carbons (Fsp3) is 0.417. The van der Waals surface area contributed by atoms with Gasteiger partial charge >= 0.3 is 24.5 Å². The number of anilines is 2. The summed E-state index contributed by atoms with van der Waals surface area (Å²) in [5.41, 5.74) is -4.26. The molecule has 1 saturated heterocycles. The molecule has 0 aromatic heterocycles. The van der Waals surface area contributed by atoms with Gasteiger partial charge in [0.05, 0.1) is 11.3 Å². The van der Waals surface area contributed by atoms with Gasteiger partial charge in [0.15, 0.2) is 5.75 Å². The van der Waals surface area contributed by atoms with Gasteiger partial charge in [0.25, 0.3) is 0 Å². The number of alkyl halides is 6. The van der Waals surface area contributed by atoms with E-state index < -0.39 is 52.9 Å². The zero-order valence-corrected chi connectivity index (χ0v) is 19.5. The van der Waals surface area contributed by atoms with Gasteiger partial charge in [0.2, 0.25) is 0 Å². The quantitative estimate of drug-likeness (QED) is 0.412. The molecule has 2 aromatic rings. The standard InChI is InChI=1S/C24H22F7N3O3/c1-32(16-8-6-15(25)7-9-16)22(36)37-20-18(24(29,30)31)12-14(23(26,27)28)13-19(20)34-11-10-33(21(34)35)17-4-2-3-5-17/h6-9,12-13,17H,2-5,10-11H2,1H3. The molecule has 0 spiro atoms. The van der Waals surface area contributed by atoms with Crippen LogP contribution in [0.4, 0.5) is 51.7 Å². The van der Waals surface area contributed by atoms with E-state index in [1.54, 1.807) is 0 Å². The predicted octanol–water partition coefficient (Wildman–Crippen LogP) is 6.68. The Morgan fingerprint density at radius 1 is 0.973 bits per heavy atom. The van der Waals surface area contributed by atoms with E-state index in [2.05, 4.69) is 0 Å². The van der Waals surface area contributed by atoms with Crippen molar-refractivity contribution in [1.82, 2.24) is 4.90 Å². The van der Waals surface area contributed by atoms with Crippen molar-refractivity contribution in [1.29, 1.82) is 0 Å². The molecule has 0 N–H and O–H groups in total. The van der Waals surface area contributed by atoms with E-state index >= 15 is 0 Å². The van der Waals surface area contributed by atoms with Crippen LogP contribution in [0.5, 0.6) is 5.75 Å². The van der Waals surface area contributed by atoms with Crippen LogP contribution in [0.15, 0.2) is 36.4 Å². The smallest absolute Gasteiger partial charge is 0.407 e. The van der Waals surface area contributed by atoms with E-state index in [0.29, 0.717) is 18.9 Å². The zero-order valence-electron chi connectivity index (χ0n) is 19.5. The molecule has 2 fully saturated rings. The van der Waals surface area contributed by atoms with Crippen LogP contribution in [0.25, 0.3) is 0 Å². The second kappa shape index (κ2) is 9.75. The van der Waals surface area contributed by atoms with Crippen LogP contribution in [-0.2, 0) is 12.4 Å². The van der Waals surface area contributed by atoms with Crippen molar-refractivity contribution in [2.24, 2.45) is 0 Å². The number of halogens is 7. The third-order valence-corrected chi connectivity index (χ3v) is 6.48. The van der Waals surface area contributed by atoms with Crippen LogP contribution in [-0.4, -0.2) is 43.2 Å². The number of hydrogen-bond donors (Lipinski definition) is 0. The number of hydrogen-bond acceptors (Lipinski definition) is 3. The maximum atomic E-state index is 14.0. The minimum atomic E-state index is -5.35. The lowest BCUT2D eigenvalue weighted by atomic mass is 10.1. The van der Waals surface area contributed by atoms with E-state index in [-0.39, 0.29) is 30.9 Å². The van der Waals surface area contributed by atoms with Crippen LogP contribution in [0.1, 0.15) is 36.8 Å². The second-order valence-corrected chi connectivity index (χ2v) is 8.84. The van der Waals surface area contributed by atoms with Crippen molar-refractivity contribution in [2.75, 3.05) is 29.9 Å². The topological polar surface area (TPSA) is 53.1 Å². The van der Waals surface area contributed by atoms with Crippen molar-refractivity contribution in [3.8, 4) is 5.75 Å². The summed E-state index contributed by atoms with van der Waals surface area (Å²) < 4.78 is 101. The minimum Gasteiger partial charge on any atom is -0.407 e. The van der Waals surface area contributed by atoms with E-state index in [1.807, 2.05) is 0 Å². The van der Waals surface area contributed by atoms with Gasteiger partial charge in [-0.2, -0.15) is 26.3 Å². The summed E-state index contributed by atoms with van der Waals surface area (Å²) in [6.07, 6.45) is -8.83. The van der Waals surface area contributed by atoms with Gasteiger partial charge in [-0.15, -0.1) is 0 Å². The van der Waals surface area contributed by atoms with Crippen molar-refractivity contribution in [2.45, 2.75) is 44.1 Å². The second-order valence-electron chi connectivity index (χ2n) is 8.84. The first-order valence-corrected chi connectivity index (χ1v) is 11.4.